The second-order valence-corrected chi connectivity index (χ2v) is 7.67. The van der Waals surface area contributed by atoms with Gasteiger partial charge in [0, 0.05) is 31.0 Å². The molecule has 3 heterocycles. The number of rotatable bonds is 3. The average molecular weight is 329 g/mol. The molecule has 1 amide bonds. The molecule has 4 rings (SSSR count). The van der Waals surface area contributed by atoms with Crippen molar-refractivity contribution in [2.45, 2.75) is 44.2 Å². The fraction of sp³-hybridized carbons (Fsp3) is 0.684. The molecular weight excluding hydrogens is 302 g/mol. The van der Waals surface area contributed by atoms with E-state index in [9.17, 15) is 9.90 Å². The summed E-state index contributed by atoms with van der Waals surface area (Å²) in [5, 5.41) is 10.6. The highest BCUT2D eigenvalue weighted by Crippen LogP contribution is 2.39. The highest BCUT2D eigenvalue weighted by molar-refractivity contribution is 5.78. The molecule has 0 unspecified atom stereocenters. The zero-order valence-electron chi connectivity index (χ0n) is 14.2. The predicted molar refractivity (Wildman–Crippen MR) is 91.3 cm³/mol. The molecule has 3 fully saturated rings. The molecule has 4 atom stereocenters. The predicted octanol–water partition coefficient (Wildman–Crippen LogP) is 1.32. The first-order valence-corrected chi connectivity index (χ1v) is 9.30. The van der Waals surface area contributed by atoms with Crippen molar-refractivity contribution in [3.05, 3.63) is 30.1 Å². The number of carbonyl (C=O) groups is 1. The van der Waals surface area contributed by atoms with E-state index in [1.165, 1.54) is 12.8 Å². The van der Waals surface area contributed by atoms with Gasteiger partial charge in [-0.15, -0.1) is 0 Å². The maximum absolute atomic E-state index is 12.6. The van der Waals surface area contributed by atoms with Gasteiger partial charge in [-0.2, -0.15) is 0 Å². The summed E-state index contributed by atoms with van der Waals surface area (Å²) in [6, 6.07) is 6.02. The first kappa shape index (κ1) is 16.0. The number of aromatic nitrogens is 1. The van der Waals surface area contributed by atoms with Crippen LogP contribution in [0, 0.1) is 11.8 Å². The number of amides is 1. The molecule has 3 aliphatic rings. The number of likely N-dealkylation sites (tertiary alicyclic amines) is 2. The minimum atomic E-state index is -0.227. The Balaban J connectivity index is 1.37. The summed E-state index contributed by atoms with van der Waals surface area (Å²) in [6.45, 7) is 3.91. The Kier molecular flexibility index (Phi) is 4.55. The first-order valence-electron chi connectivity index (χ1n) is 9.30. The summed E-state index contributed by atoms with van der Waals surface area (Å²) < 4.78 is 0. The fourth-order valence-corrected chi connectivity index (χ4v) is 4.85. The molecule has 130 valence electrons. The summed E-state index contributed by atoms with van der Waals surface area (Å²) in [6.07, 6.45) is 6.30. The number of aliphatic hydroxyl groups is 1. The monoisotopic (exact) mass is 329 g/mol. The smallest absolute Gasteiger partial charge is 0.228 e. The van der Waals surface area contributed by atoms with Gasteiger partial charge in [0.05, 0.1) is 12.5 Å². The standard InChI is InChI=1S/C19H27N3O2/c23-18-10-15-13-22(19(24)11-16-5-1-2-6-20-16)12-14(15)9-17(18)21-7-3-4-8-21/h1-2,5-6,14-15,17-18,23H,3-4,7-13H2/t14-,15+,17-,18-/m1/s1. The van der Waals surface area contributed by atoms with Crippen LogP contribution < -0.4 is 0 Å². The van der Waals surface area contributed by atoms with E-state index in [4.69, 9.17) is 0 Å². The summed E-state index contributed by atoms with van der Waals surface area (Å²) in [5.41, 5.74) is 0.840. The summed E-state index contributed by atoms with van der Waals surface area (Å²) in [4.78, 5) is 21.3. The maximum Gasteiger partial charge on any atom is 0.228 e. The molecule has 5 nitrogen and oxygen atoms in total. The van der Waals surface area contributed by atoms with Gasteiger partial charge in [0.2, 0.25) is 5.91 Å². The van der Waals surface area contributed by atoms with Crippen molar-refractivity contribution in [1.29, 1.82) is 0 Å². The lowest BCUT2D eigenvalue weighted by molar-refractivity contribution is -0.129. The van der Waals surface area contributed by atoms with Gasteiger partial charge in [-0.1, -0.05) is 6.07 Å². The molecule has 0 bridgehead atoms. The number of aliphatic hydroxyl groups excluding tert-OH is 1. The summed E-state index contributed by atoms with van der Waals surface area (Å²) in [5.74, 6) is 1.19. The van der Waals surface area contributed by atoms with Gasteiger partial charge in [-0.05, 0) is 62.7 Å². The molecular formula is C19H27N3O2. The average Bonchev–Trinajstić information content (AvgIpc) is 3.24. The highest BCUT2D eigenvalue weighted by atomic mass is 16.3. The van der Waals surface area contributed by atoms with Crippen LogP contribution in [-0.2, 0) is 11.2 Å². The molecule has 1 aromatic heterocycles. The lowest BCUT2D eigenvalue weighted by atomic mass is 9.77. The zero-order chi connectivity index (χ0) is 16.5. The molecule has 2 saturated heterocycles. The van der Waals surface area contributed by atoms with Gasteiger partial charge in [0.25, 0.3) is 0 Å². The van der Waals surface area contributed by atoms with E-state index in [1.807, 2.05) is 23.1 Å². The van der Waals surface area contributed by atoms with Gasteiger partial charge in [-0.25, -0.2) is 0 Å². The van der Waals surface area contributed by atoms with Crippen LogP contribution in [-0.4, -0.2) is 64.1 Å². The van der Waals surface area contributed by atoms with Crippen LogP contribution in [0.15, 0.2) is 24.4 Å². The van der Waals surface area contributed by atoms with Crippen molar-refractivity contribution in [3.63, 3.8) is 0 Å². The Morgan fingerprint density at radius 2 is 1.92 bits per heavy atom. The van der Waals surface area contributed by atoms with Gasteiger partial charge in [0.1, 0.15) is 0 Å². The van der Waals surface area contributed by atoms with Gasteiger partial charge >= 0.3 is 0 Å². The molecule has 5 heteroatoms. The van der Waals surface area contributed by atoms with Gasteiger partial charge in [0.15, 0.2) is 0 Å². The molecule has 24 heavy (non-hydrogen) atoms. The lowest BCUT2D eigenvalue weighted by Crippen LogP contribution is -2.48. The van der Waals surface area contributed by atoms with E-state index in [2.05, 4.69) is 9.88 Å². The third-order valence-corrected chi connectivity index (χ3v) is 6.13. The van der Waals surface area contributed by atoms with E-state index in [1.54, 1.807) is 6.20 Å². The van der Waals surface area contributed by atoms with Crippen molar-refractivity contribution < 1.29 is 9.90 Å². The van der Waals surface area contributed by atoms with E-state index >= 15 is 0 Å². The van der Waals surface area contributed by atoms with Crippen LogP contribution in [0.4, 0.5) is 0 Å². The number of fused-ring (bicyclic) bond motifs is 1. The van der Waals surface area contributed by atoms with E-state index in [0.29, 0.717) is 24.3 Å². The Labute approximate surface area is 143 Å². The minimum Gasteiger partial charge on any atom is -0.391 e. The Morgan fingerprint density at radius 1 is 1.17 bits per heavy atom. The van der Waals surface area contributed by atoms with Crippen molar-refractivity contribution in [2.24, 2.45) is 11.8 Å². The lowest BCUT2D eigenvalue weighted by Gasteiger charge is -2.40. The molecule has 2 aliphatic heterocycles. The van der Waals surface area contributed by atoms with Crippen LogP contribution in [0.5, 0.6) is 0 Å². The SMILES string of the molecule is O=C(Cc1ccccn1)N1C[C@H]2C[C@@H](N3CCCC3)[C@H](O)C[C@H]2C1. The van der Waals surface area contributed by atoms with Crippen LogP contribution in [0.25, 0.3) is 0 Å². The molecule has 0 aromatic carbocycles. The fourth-order valence-electron chi connectivity index (χ4n) is 4.85. The number of nitrogens with zero attached hydrogens (tertiary/aromatic N) is 3. The molecule has 1 aromatic rings. The highest BCUT2D eigenvalue weighted by Gasteiger charge is 2.44. The number of hydrogen-bond acceptors (Lipinski definition) is 4. The van der Waals surface area contributed by atoms with Crippen LogP contribution in [0.2, 0.25) is 0 Å². The molecule has 1 aliphatic carbocycles. The number of hydrogen-bond donors (Lipinski definition) is 1. The van der Waals surface area contributed by atoms with Crippen molar-refractivity contribution in [2.75, 3.05) is 26.2 Å². The van der Waals surface area contributed by atoms with Crippen LogP contribution in [0.3, 0.4) is 0 Å². The second kappa shape index (κ2) is 6.81. The number of pyridine rings is 1. The topological polar surface area (TPSA) is 56.7 Å². The van der Waals surface area contributed by atoms with E-state index < -0.39 is 0 Å². The Bertz CT molecular complexity index is 573. The quantitative estimate of drug-likeness (QED) is 0.909. The van der Waals surface area contributed by atoms with Crippen molar-refractivity contribution in [1.82, 2.24) is 14.8 Å². The third kappa shape index (κ3) is 3.20. The molecule has 0 spiro atoms. The van der Waals surface area contributed by atoms with E-state index in [-0.39, 0.29) is 12.0 Å². The van der Waals surface area contributed by atoms with E-state index in [0.717, 1.165) is 44.7 Å². The summed E-state index contributed by atoms with van der Waals surface area (Å²) >= 11 is 0. The summed E-state index contributed by atoms with van der Waals surface area (Å²) in [7, 11) is 0. The normalized spacial score (nSPS) is 33.6. The maximum atomic E-state index is 12.6. The Hall–Kier alpha value is -1.46. The van der Waals surface area contributed by atoms with Crippen molar-refractivity contribution in [3.8, 4) is 0 Å². The minimum absolute atomic E-state index is 0.176. The van der Waals surface area contributed by atoms with Gasteiger partial charge in [-0.3, -0.25) is 14.7 Å². The van der Waals surface area contributed by atoms with Crippen LogP contribution in [0.1, 0.15) is 31.4 Å². The molecule has 1 N–H and O–H groups in total. The van der Waals surface area contributed by atoms with Gasteiger partial charge < -0.3 is 10.0 Å². The van der Waals surface area contributed by atoms with Crippen LogP contribution >= 0.6 is 0 Å². The first-order chi connectivity index (χ1) is 11.7. The Morgan fingerprint density at radius 3 is 2.62 bits per heavy atom. The largest absolute Gasteiger partial charge is 0.391 e. The molecule has 1 saturated carbocycles. The molecule has 0 radical (unpaired) electrons. The second-order valence-electron chi connectivity index (χ2n) is 7.67. The van der Waals surface area contributed by atoms with Crippen molar-refractivity contribution >= 4 is 5.91 Å². The zero-order valence-corrected chi connectivity index (χ0v) is 14.2. The third-order valence-electron chi connectivity index (χ3n) is 6.13. The number of carbonyl (C=O) groups excluding carboxylic acids is 1.